The van der Waals surface area contributed by atoms with Crippen molar-refractivity contribution in [1.29, 1.82) is 5.26 Å². The quantitative estimate of drug-likeness (QED) is 0.0740. The van der Waals surface area contributed by atoms with Crippen molar-refractivity contribution < 1.29 is 42.6 Å². The van der Waals surface area contributed by atoms with Crippen LogP contribution in [0.5, 0.6) is 0 Å². The molecule has 3 N–H and O–H groups in total. The summed E-state index contributed by atoms with van der Waals surface area (Å²) in [6, 6.07) is 14.2. The van der Waals surface area contributed by atoms with Gasteiger partial charge in [0.05, 0.1) is 72.5 Å². The van der Waals surface area contributed by atoms with Crippen molar-refractivity contribution in [3.8, 4) is 6.07 Å². The zero-order chi connectivity index (χ0) is 42.9. The van der Waals surface area contributed by atoms with E-state index in [1.54, 1.807) is 30.3 Å². The lowest BCUT2D eigenvalue weighted by Gasteiger charge is -2.30. The summed E-state index contributed by atoms with van der Waals surface area (Å²) >= 11 is 6.24. The van der Waals surface area contributed by atoms with E-state index in [2.05, 4.69) is 41.9 Å². The number of benzene rings is 2. The van der Waals surface area contributed by atoms with Crippen LogP contribution in [0, 0.1) is 17.3 Å². The summed E-state index contributed by atoms with van der Waals surface area (Å²) in [6.45, 7) is 3.03. The summed E-state index contributed by atoms with van der Waals surface area (Å²) in [5, 5.41) is 17.4. The maximum Gasteiger partial charge on any atom is 0.262 e. The highest BCUT2D eigenvalue weighted by Gasteiger charge is 2.45. The molecule has 0 radical (unpaired) electrons. The van der Waals surface area contributed by atoms with Gasteiger partial charge in [-0.2, -0.15) is 9.65 Å². The zero-order valence-corrected chi connectivity index (χ0v) is 33.6. The zero-order valence-electron chi connectivity index (χ0n) is 32.9. The number of carbonyl (C=O) groups is 5. The maximum atomic E-state index is 15.0. The molecule has 17 nitrogen and oxygen atoms in total. The SMILES string of the molecule is N#Cc1ccc(N2CCc3c(ncnc3Nc3ccc(C(=O)NCCOCCOCCOCCCc4cccc5c4C(=O)N(C4CCC(=O)NC4=O)C5=O)c(F)n3)C2)cc1Cl. The lowest BCUT2D eigenvalue weighted by molar-refractivity contribution is -0.136. The van der Waals surface area contributed by atoms with Crippen molar-refractivity contribution in [3.63, 3.8) is 0 Å². The Bertz CT molecular complexity index is 2400. The molecular weight excluding hydrogens is 813 g/mol. The van der Waals surface area contributed by atoms with Crippen LogP contribution in [0.15, 0.2) is 54.9 Å². The monoisotopic (exact) mass is 853 g/mol. The summed E-state index contributed by atoms with van der Waals surface area (Å²) in [6.07, 6.45) is 3.22. The first-order valence-corrected chi connectivity index (χ1v) is 20.1. The van der Waals surface area contributed by atoms with Gasteiger partial charge in [0.2, 0.25) is 17.8 Å². The molecule has 19 heteroatoms. The number of ether oxygens (including phenoxy) is 3. The number of halogens is 2. The van der Waals surface area contributed by atoms with Crippen molar-refractivity contribution in [2.45, 2.75) is 44.7 Å². The van der Waals surface area contributed by atoms with Crippen molar-refractivity contribution in [2.24, 2.45) is 0 Å². The molecule has 2 aromatic carbocycles. The summed E-state index contributed by atoms with van der Waals surface area (Å²) in [5.74, 6) is -3.05. The van der Waals surface area contributed by atoms with Crippen LogP contribution in [0.3, 0.4) is 0 Å². The molecule has 4 aromatic rings. The van der Waals surface area contributed by atoms with E-state index in [0.717, 1.165) is 21.8 Å². The fourth-order valence-electron chi connectivity index (χ4n) is 7.30. The lowest BCUT2D eigenvalue weighted by atomic mass is 9.99. The Hall–Kier alpha value is -6.39. The van der Waals surface area contributed by atoms with Gasteiger partial charge in [-0.15, -0.1) is 0 Å². The van der Waals surface area contributed by atoms with Crippen molar-refractivity contribution in [2.75, 3.05) is 62.9 Å². The van der Waals surface area contributed by atoms with E-state index in [0.29, 0.717) is 80.7 Å². The van der Waals surface area contributed by atoms with Crippen LogP contribution in [-0.4, -0.2) is 108 Å². The van der Waals surface area contributed by atoms with Gasteiger partial charge in [0.25, 0.3) is 17.7 Å². The molecule has 3 aliphatic rings. The van der Waals surface area contributed by atoms with Crippen molar-refractivity contribution >= 4 is 58.5 Å². The van der Waals surface area contributed by atoms with Crippen molar-refractivity contribution in [1.82, 2.24) is 30.5 Å². The molecule has 1 fully saturated rings. The smallest absolute Gasteiger partial charge is 0.262 e. The Morgan fingerprint density at radius 3 is 2.51 bits per heavy atom. The van der Waals surface area contributed by atoms with Crippen LogP contribution >= 0.6 is 11.6 Å². The van der Waals surface area contributed by atoms with Gasteiger partial charge in [0.15, 0.2) is 0 Å². The second-order valence-corrected chi connectivity index (χ2v) is 14.6. The molecule has 1 atom stereocenters. The molecule has 61 heavy (non-hydrogen) atoms. The summed E-state index contributed by atoms with van der Waals surface area (Å²) in [4.78, 5) is 78.6. The number of imide groups is 2. The number of hydrogen-bond acceptors (Lipinski definition) is 14. The third-order valence-electron chi connectivity index (χ3n) is 10.4. The number of nitriles is 1. The van der Waals surface area contributed by atoms with Crippen LogP contribution in [0.1, 0.15) is 72.7 Å². The molecule has 0 aliphatic carbocycles. The Kier molecular flexibility index (Phi) is 13.9. The number of fused-ring (bicyclic) bond motifs is 2. The second-order valence-electron chi connectivity index (χ2n) is 14.2. The number of pyridine rings is 1. The maximum absolute atomic E-state index is 15.0. The first kappa shape index (κ1) is 42.7. The largest absolute Gasteiger partial charge is 0.379 e. The highest BCUT2D eigenvalue weighted by molar-refractivity contribution is 6.32. The van der Waals surface area contributed by atoms with Gasteiger partial charge < -0.3 is 29.7 Å². The minimum absolute atomic E-state index is 0.0563. The van der Waals surface area contributed by atoms with E-state index in [1.165, 1.54) is 18.5 Å². The molecule has 316 valence electrons. The second kappa shape index (κ2) is 19.8. The average Bonchev–Trinajstić information content (AvgIpc) is 3.51. The van der Waals surface area contributed by atoms with Gasteiger partial charge in [-0.3, -0.25) is 34.2 Å². The average molecular weight is 854 g/mol. The molecule has 1 unspecified atom stereocenters. The van der Waals surface area contributed by atoms with Crippen LogP contribution in [0.4, 0.5) is 21.7 Å². The number of carbonyl (C=O) groups excluding carboxylic acids is 5. The minimum Gasteiger partial charge on any atom is -0.379 e. The highest BCUT2D eigenvalue weighted by Crippen LogP contribution is 2.32. The number of hydrogen-bond donors (Lipinski definition) is 3. The molecule has 0 bridgehead atoms. The van der Waals surface area contributed by atoms with Crippen LogP contribution in [-0.2, 0) is 43.2 Å². The molecule has 0 saturated carbocycles. The van der Waals surface area contributed by atoms with E-state index >= 15 is 0 Å². The van der Waals surface area contributed by atoms with Gasteiger partial charge in [-0.1, -0.05) is 23.7 Å². The van der Waals surface area contributed by atoms with Gasteiger partial charge in [0, 0.05) is 37.4 Å². The summed E-state index contributed by atoms with van der Waals surface area (Å²) in [5.41, 5.74) is 3.92. The predicted octanol–water partition coefficient (Wildman–Crippen LogP) is 3.66. The minimum atomic E-state index is -1.01. The molecule has 0 spiro atoms. The third-order valence-corrected chi connectivity index (χ3v) is 10.7. The number of rotatable bonds is 18. The number of piperidine rings is 1. The third kappa shape index (κ3) is 9.98. The fourth-order valence-corrected chi connectivity index (χ4v) is 7.52. The summed E-state index contributed by atoms with van der Waals surface area (Å²) in [7, 11) is 0. The Morgan fingerprint density at radius 1 is 0.967 bits per heavy atom. The van der Waals surface area contributed by atoms with Crippen LogP contribution in [0.25, 0.3) is 0 Å². The fraction of sp³-hybridized carbons (Fsp3) is 0.357. The number of aryl methyl sites for hydroxylation is 1. The molecule has 5 heterocycles. The standard InChI is InChI=1S/C42H41ClFN9O8/c43-31-21-27(7-6-26(31)22-45)52-14-12-28-32(23-52)47-24-48-38(28)50-34-10-8-30(37(44)49-34)39(55)46-13-16-60-18-20-61-19-17-59-15-2-4-25-3-1-5-29-36(25)42(58)53(41(29)57)33-9-11-35(54)51-40(33)56/h1,3,5-8,10,21,24,33H,2,4,9,11-20,23H2,(H,46,55)(H,51,54,56)(H,47,48,49,50). The van der Waals surface area contributed by atoms with Gasteiger partial charge in [0.1, 0.15) is 30.1 Å². The van der Waals surface area contributed by atoms with E-state index in [9.17, 15) is 33.6 Å². The topological polar surface area (TPSA) is 218 Å². The van der Waals surface area contributed by atoms with Gasteiger partial charge in [-0.25, -0.2) is 15.0 Å². The first-order valence-electron chi connectivity index (χ1n) is 19.7. The molecule has 3 aliphatic heterocycles. The normalized spacial score (nSPS) is 15.9. The number of aromatic nitrogens is 3. The van der Waals surface area contributed by atoms with E-state index in [4.69, 9.17) is 25.8 Å². The Morgan fingerprint density at radius 2 is 1.75 bits per heavy atom. The summed E-state index contributed by atoms with van der Waals surface area (Å²) < 4.78 is 31.7. The molecule has 1 saturated heterocycles. The molecule has 7 rings (SSSR count). The van der Waals surface area contributed by atoms with E-state index in [-0.39, 0.29) is 55.1 Å². The highest BCUT2D eigenvalue weighted by atomic mass is 35.5. The Balaban J connectivity index is 0.753. The first-order chi connectivity index (χ1) is 29.6. The number of nitrogens with zero attached hydrogens (tertiary/aromatic N) is 6. The van der Waals surface area contributed by atoms with Crippen molar-refractivity contribution in [3.05, 3.63) is 105 Å². The van der Waals surface area contributed by atoms with Gasteiger partial charge in [-0.05, 0) is 67.6 Å². The molecule has 2 aromatic heterocycles. The number of anilines is 3. The predicted molar refractivity (Wildman–Crippen MR) is 217 cm³/mol. The van der Waals surface area contributed by atoms with Crippen LogP contribution < -0.4 is 20.9 Å². The molecular formula is C42H41ClFN9O8. The number of nitrogens with one attached hydrogen (secondary N) is 3. The van der Waals surface area contributed by atoms with E-state index < -0.39 is 41.5 Å². The van der Waals surface area contributed by atoms with Gasteiger partial charge >= 0.3 is 0 Å². The lowest BCUT2D eigenvalue weighted by Crippen LogP contribution is -2.54. The van der Waals surface area contributed by atoms with Crippen LogP contribution in [0.2, 0.25) is 5.02 Å². The number of amides is 5. The molecule has 5 amide bonds. The Labute approximate surface area is 354 Å². The van der Waals surface area contributed by atoms with E-state index in [1.807, 2.05) is 6.07 Å².